The third kappa shape index (κ3) is 6.54. The highest BCUT2D eigenvalue weighted by atomic mass is 16.5. The van der Waals surface area contributed by atoms with Gasteiger partial charge in [-0.1, -0.05) is 18.2 Å². The van der Waals surface area contributed by atoms with Gasteiger partial charge >= 0.3 is 5.97 Å². The molecule has 0 aromatic heterocycles. The zero-order chi connectivity index (χ0) is 14.6. The minimum Gasteiger partial charge on any atom is -0.491 e. The van der Waals surface area contributed by atoms with Crippen molar-refractivity contribution in [3.05, 3.63) is 30.3 Å². The fourth-order valence-corrected chi connectivity index (χ4v) is 1.66. The van der Waals surface area contributed by atoms with Gasteiger partial charge in [0.1, 0.15) is 18.4 Å². The number of likely N-dealkylation sites (N-methyl/N-ethyl adjacent to an activating group) is 1. The van der Waals surface area contributed by atoms with Crippen LogP contribution in [-0.2, 0) is 14.3 Å². The topological polar surface area (TPSA) is 56.8 Å². The van der Waals surface area contributed by atoms with Crippen LogP contribution in [0, 0.1) is 0 Å². The summed E-state index contributed by atoms with van der Waals surface area (Å²) in [5.74, 6) is 0.592. The fraction of sp³-hybridized carbons (Fsp3) is 0.533. The van der Waals surface area contributed by atoms with Crippen LogP contribution in [0.2, 0.25) is 0 Å². The Balaban J connectivity index is 2.07. The molecule has 0 aliphatic heterocycles. The van der Waals surface area contributed by atoms with E-state index in [1.165, 1.54) is 0 Å². The molecule has 20 heavy (non-hydrogen) atoms. The molecule has 112 valence electrons. The number of nitrogens with one attached hydrogen (secondary N) is 1. The van der Waals surface area contributed by atoms with Gasteiger partial charge in [-0.25, -0.2) is 0 Å². The summed E-state index contributed by atoms with van der Waals surface area (Å²) < 4.78 is 15.9. The Hall–Kier alpha value is -1.59. The summed E-state index contributed by atoms with van der Waals surface area (Å²) in [5, 5.41) is 2.92. The molecular weight excluding hydrogens is 258 g/mol. The molecule has 0 amide bonds. The van der Waals surface area contributed by atoms with Gasteiger partial charge in [0.25, 0.3) is 0 Å². The normalized spacial score (nSPS) is 11.9. The van der Waals surface area contributed by atoms with Gasteiger partial charge in [0, 0.05) is 6.61 Å². The van der Waals surface area contributed by atoms with Gasteiger partial charge in [0.15, 0.2) is 0 Å². The van der Waals surface area contributed by atoms with Gasteiger partial charge in [-0.05, 0) is 32.5 Å². The van der Waals surface area contributed by atoms with E-state index in [4.69, 9.17) is 14.2 Å². The quantitative estimate of drug-likeness (QED) is 0.522. The number of esters is 1. The van der Waals surface area contributed by atoms with E-state index >= 15 is 0 Å². The molecule has 0 saturated carbocycles. The molecule has 5 heteroatoms. The third-order valence-electron chi connectivity index (χ3n) is 2.71. The Kier molecular flexibility index (Phi) is 8.42. The molecule has 1 rings (SSSR count). The molecule has 0 aliphatic rings. The van der Waals surface area contributed by atoms with Gasteiger partial charge in [-0.3, -0.25) is 4.79 Å². The summed E-state index contributed by atoms with van der Waals surface area (Å²) in [6.07, 6.45) is 0.584. The number of rotatable bonds is 10. The van der Waals surface area contributed by atoms with Crippen molar-refractivity contribution in [1.29, 1.82) is 0 Å². The van der Waals surface area contributed by atoms with Crippen LogP contribution in [-0.4, -0.2) is 45.5 Å². The van der Waals surface area contributed by atoms with Crippen LogP contribution in [0.4, 0.5) is 0 Å². The van der Waals surface area contributed by atoms with E-state index in [0.29, 0.717) is 32.8 Å². The first kappa shape index (κ1) is 16.5. The highest BCUT2D eigenvalue weighted by Gasteiger charge is 2.16. The Labute approximate surface area is 120 Å². The van der Waals surface area contributed by atoms with Crippen molar-refractivity contribution in [1.82, 2.24) is 5.32 Å². The van der Waals surface area contributed by atoms with Crippen LogP contribution >= 0.6 is 0 Å². The molecule has 0 saturated heterocycles. The second kappa shape index (κ2) is 10.2. The zero-order valence-corrected chi connectivity index (χ0v) is 12.1. The molecule has 0 radical (unpaired) electrons. The largest absolute Gasteiger partial charge is 0.491 e. The van der Waals surface area contributed by atoms with E-state index in [1.807, 2.05) is 30.3 Å². The zero-order valence-electron chi connectivity index (χ0n) is 12.1. The highest BCUT2D eigenvalue weighted by Crippen LogP contribution is 2.07. The lowest BCUT2D eigenvalue weighted by molar-refractivity contribution is -0.146. The van der Waals surface area contributed by atoms with E-state index in [9.17, 15) is 4.79 Å². The summed E-state index contributed by atoms with van der Waals surface area (Å²) in [7, 11) is 1.74. The van der Waals surface area contributed by atoms with Gasteiger partial charge in [-0.2, -0.15) is 0 Å². The van der Waals surface area contributed by atoms with Crippen molar-refractivity contribution in [3.63, 3.8) is 0 Å². The average molecular weight is 281 g/mol. The lowest BCUT2D eigenvalue weighted by Crippen LogP contribution is -2.36. The Morgan fingerprint density at radius 2 is 1.95 bits per heavy atom. The molecular formula is C15H23NO4. The van der Waals surface area contributed by atoms with Crippen LogP contribution in [0.25, 0.3) is 0 Å². The lowest BCUT2D eigenvalue weighted by Gasteiger charge is -2.14. The highest BCUT2D eigenvalue weighted by molar-refractivity contribution is 5.75. The van der Waals surface area contributed by atoms with E-state index in [2.05, 4.69) is 5.32 Å². The third-order valence-corrected chi connectivity index (χ3v) is 2.71. The standard InChI is InChI=1S/C15H23NO4/c1-3-19-15(17)14(16-2)9-10-18-11-12-20-13-7-5-4-6-8-13/h4-8,14,16H,3,9-12H2,1-2H3. The van der Waals surface area contributed by atoms with Crippen LogP contribution < -0.4 is 10.1 Å². The SMILES string of the molecule is CCOC(=O)C(CCOCCOc1ccccc1)NC. The van der Waals surface area contributed by atoms with Gasteiger partial charge in [0.05, 0.1) is 13.2 Å². The van der Waals surface area contributed by atoms with Crippen molar-refractivity contribution in [2.75, 3.05) is 33.5 Å². The molecule has 1 unspecified atom stereocenters. The van der Waals surface area contributed by atoms with E-state index in [1.54, 1.807) is 14.0 Å². The number of benzene rings is 1. The van der Waals surface area contributed by atoms with Crippen LogP contribution in [0.1, 0.15) is 13.3 Å². The second-order valence-electron chi connectivity index (χ2n) is 4.16. The van der Waals surface area contributed by atoms with E-state index < -0.39 is 0 Å². The first-order valence-corrected chi connectivity index (χ1v) is 6.87. The first-order chi connectivity index (χ1) is 9.77. The molecule has 1 atom stereocenters. The molecule has 0 aliphatic carbocycles. The van der Waals surface area contributed by atoms with Crippen molar-refractivity contribution in [2.24, 2.45) is 0 Å². The number of para-hydroxylation sites is 1. The minimum absolute atomic E-state index is 0.237. The predicted octanol–water partition coefficient (Wildman–Crippen LogP) is 1.62. The smallest absolute Gasteiger partial charge is 0.323 e. The Bertz CT molecular complexity index is 369. The number of carbonyl (C=O) groups excluding carboxylic acids is 1. The van der Waals surface area contributed by atoms with Crippen LogP contribution in [0.15, 0.2) is 30.3 Å². The van der Waals surface area contributed by atoms with Gasteiger partial charge < -0.3 is 19.5 Å². The second-order valence-corrected chi connectivity index (χ2v) is 4.16. The summed E-state index contributed by atoms with van der Waals surface area (Å²) in [6, 6.07) is 9.27. The monoisotopic (exact) mass is 281 g/mol. The summed E-state index contributed by atoms with van der Waals surface area (Å²) in [6.45, 7) is 3.66. The lowest BCUT2D eigenvalue weighted by atomic mass is 10.2. The maximum Gasteiger partial charge on any atom is 0.323 e. The molecule has 1 aromatic carbocycles. The first-order valence-electron chi connectivity index (χ1n) is 6.87. The number of hydrogen-bond donors (Lipinski definition) is 1. The average Bonchev–Trinajstić information content (AvgIpc) is 2.48. The van der Waals surface area contributed by atoms with E-state index in [0.717, 1.165) is 5.75 Å². The van der Waals surface area contributed by atoms with Gasteiger partial charge in [0.2, 0.25) is 0 Å². The number of ether oxygens (including phenoxy) is 3. The Morgan fingerprint density at radius 1 is 1.20 bits per heavy atom. The van der Waals surface area contributed by atoms with Crippen molar-refractivity contribution in [3.8, 4) is 5.75 Å². The fourth-order valence-electron chi connectivity index (χ4n) is 1.66. The summed E-state index contributed by atoms with van der Waals surface area (Å²) in [4.78, 5) is 11.5. The molecule has 5 nitrogen and oxygen atoms in total. The van der Waals surface area contributed by atoms with Crippen molar-refractivity contribution >= 4 is 5.97 Å². The maximum atomic E-state index is 11.5. The molecule has 1 N–H and O–H groups in total. The molecule has 0 fully saturated rings. The molecule has 0 spiro atoms. The maximum absolute atomic E-state index is 11.5. The van der Waals surface area contributed by atoms with Crippen molar-refractivity contribution in [2.45, 2.75) is 19.4 Å². The predicted molar refractivity (Wildman–Crippen MR) is 76.9 cm³/mol. The van der Waals surface area contributed by atoms with Crippen LogP contribution in [0.5, 0.6) is 5.75 Å². The minimum atomic E-state index is -0.315. The molecule has 1 aromatic rings. The molecule has 0 bridgehead atoms. The Morgan fingerprint density at radius 3 is 2.60 bits per heavy atom. The number of carbonyl (C=O) groups is 1. The number of hydrogen-bond acceptors (Lipinski definition) is 5. The molecule has 0 heterocycles. The van der Waals surface area contributed by atoms with Crippen molar-refractivity contribution < 1.29 is 19.0 Å². The summed E-state index contributed by atoms with van der Waals surface area (Å²) >= 11 is 0. The summed E-state index contributed by atoms with van der Waals surface area (Å²) in [5.41, 5.74) is 0. The van der Waals surface area contributed by atoms with Gasteiger partial charge in [-0.15, -0.1) is 0 Å². The van der Waals surface area contributed by atoms with Crippen LogP contribution in [0.3, 0.4) is 0 Å². The van der Waals surface area contributed by atoms with E-state index in [-0.39, 0.29) is 12.0 Å².